The van der Waals surface area contributed by atoms with Gasteiger partial charge in [0.25, 0.3) is 5.69 Å². The number of benzene rings is 2. The van der Waals surface area contributed by atoms with Gasteiger partial charge in [0.15, 0.2) is 0 Å². The van der Waals surface area contributed by atoms with Gasteiger partial charge < -0.3 is 15.3 Å². The second-order valence-electron chi connectivity index (χ2n) is 5.72. The quantitative estimate of drug-likeness (QED) is 0.622. The average Bonchev–Trinajstić information content (AvgIpc) is 2.58. The molecule has 0 radical (unpaired) electrons. The highest BCUT2D eigenvalue weighted by atomic mass is 16.6. The number of hydrogen-bond donors (Lipinski definition) is 2. The Morgan fingerprint density at radius 2 is 1.88 bits per heavy atom. The largest absolute Gasteiger partial charge is 0.395 e. The molecule has 0 atom stereocenters. The number of aryl methyl sites for hydroxylation is 1. The van der Waals surface area contributed by atoms with E-state index in [1.807, 2.05) is 30.3 Å². The van der Waals surface area contributed by atoms with Crippen LogP contribution >= 0.6 is 0 Å². The van der Waals surface area contributed by atoms with Gasteiger partial charge in [-0.3, -0.25) is 10.1 Å². The monoisotopic (exact) mass is 343 g/mol. The maximum absolute atomic E-state index is 12.6. The Balaban J connectivity index is 2.23. The van der Waals surface area contributed by atoms with Crippen LogP contribution in [0.2, 0.25) is 0 Å². The number of hydrogen-bond acceptors (Lipinski definition) is 4. The Bertz CT molecular complexity index is 762. The Hall–Kier alpha value is -2.93. The second-order valence-corrected chi connectivity index (χ2v) is 5.72. The molecule has 2 N–H and O–H groups in total. The molecule has 7 heteroatoms. The predicted molar refractivity (Wildman–Crippen MR) is 95.5 cm³/mol. The second kappa shape index (κ2) is 8.25. The maximum atomic E-state index is 12.6. The number of carbonyl (C=O) groups is 1. The van der Waals surface area contributed by atoms with Gasteiger partial charge in [-0.1, -0.05) is 36.4 Å². The first-order valence-corrected chi connectivity index (χ1v) is 7.89. The summed E-state index contributed by atoms with van der Waals surface area (Å²) in [6.45, 7) is 3.70. The molecule has 132 valence electrons. The molecule has 0 aliphatic heterocycles. The van der Waals surface area contributed by atoms with Crippen molar-refractivity contribution in [3.63, 3.8) is 0 Å². The van der Waals surface area contributed by atoms with Crippen molar-refractivity contribution in [1.82, 2.24) is 4.90 Å². The van der Waals surface area contributed by atoms with Crippen molar-refractivity contribution in [3.8, 4) is 0 Å². The van der Waals surface area contributed by atoms with Gasteiger partial charge in [0.2, 0.25) is 0 Å². The molecule has 25 heavy (non-hydrogen) atoms. The van der Waals surface area contributed by atoms with Crippen LogP contribution in [0.4, 0.5) is 16.2 Å². The van der Waals surface area contributed by atoms with Crippen LogP contribution in [0.3, 0.4) is 0 Å². The number of nitrogens with zero attached hydrogens (tertiary/aromatic N) is 2. The SMILES string of the molecule is Cc1ccc([N+](=O)[O-])c(C)c1NC(=O)N(CCO)Cc1ccccc1. The lowest BCUT2D eigenvalue weighted by Gasteiger charge is -2.23. The molecule has 0 spiro atoms. The van der Waals surface area contributed by atoms with Crippen LogP contribution in [0.5, 0.6) is 0 Å². The van der Waals surface area contributed by atoms with E-state index in [1.54, 1.807) is 19.9 Å². The third-order valence-electron chi connectivity index (χ3n) is 3.95. The zero-order valence-electron chi connectivity index (χ0n) is 14.2. The number of rotatable bonds is 6. The lowest BCUT2D eigenvalue weighted by Crippen LogP contribution is -2.36. The molecular formula is C18H21N3O4. The summed E-state index contributed by atoms with van der Waals surface area (Å²) in [7, 11) is 0. The van der Waals surface area contributed by atoms with Crippen molar-refractivity contribution in [2.75, 3.05) is 18.5 Å². The van der Waals surface area contributed by atoms with Gasteiger partial charge in [-0.25, -0.2) is 4.79 Å². The average molecular weight is 343 g/mol. The molecule has 0 aliphatic rings. The van der Waals surface area contributed by atoms with Gasteiger partial charge in [0, 0.05) is 19.2 Å². The maximum Gasteiger partial charge on any atom is 0.322 e. The van der Waals surface area contributed by atoms with E-state index in [-0.39, 0.29) is 18.8 Å². The molecule has 0 fully saturated rings. The number of urea groups is 1. The molecule has 2 aromatic rings. The van der Waals surface area contributed by atoms with E-state index in [0.29, 0.717) is 17.8 Å². The Morgan fingerprint density at radius 3 is 2.48 bits per heavy atom. The highest BCUT2D eigenvalue weighted by Crippen LogP contribution is 2.29. The van der Waals surface area contributed by atoms with Crippen LogP contribution in [0, 0.1) is 24.0 Å². The van der Waals surface area contributed by atoms with Gasteiger partial charge in [-0.05, 0) is 25.0 Å². The van der Waals surface area contributed by atoms with Gasteiger partial charge in [0.05, 0.1) is 22.8 Å². The van der Waals surface area contributed by atoms with Crippen LogP contribution < -0.4 is 5.32 Å². The molecule has 0 unspecified atom stereocenters. The summed E-state index contributed by atoms with van der Waals surface area (Å²) in [4.78, 5) is 24.7. The number of nitro groups is 1. The first-order chi connectivity index (χ1) is 11.9. The van der Waals surface area contributed by atoms with Crippen LogP contribution in [-0.2, 0) is 6.54 Å². The molecule has 0 bridgehead atoms. The van der Waals surface area contributed by atoms with Crippen molar-refractivity contribution in [2.45, 2.75) is 20.4 Å². The number of amides is 2. The minimum absolute atomic E-state index is 0.0438. The van der Waals surface area contributed by atoms with E-state index in [4.69, 9.17) is 0 Å². The predicted octanol–water partition coefficient (Wildman–Crippen LogP) is 3.24. The minimum atomic E-state index is -0.472. The van der Waals surface area contributed by atoms with Gasteiger partial charge in [-0.2, -0.15) is 0 Å². The molecular weight excluding hydrogens is 322 g/mol. The van der Waals surface area contributed by atoms with Gasteiger partial charge in [0.1, 0.15) is 0 Å². The van der Waals surface area contributed by atoms with E-state index < -0.39 is 11.0 Å². The summed E-state index contributed by atoms with van der Waals surface area (Å²) in [6.07, 6.45) is 0. The minimum Gasteiger partial charge on any atom is -0.395 e. The molecule has 2 rings (SSSR count). The number of nitrogens with one attached hydrogen (secondary N) is 1. The van der Waals surface area contributed by atoms with Crippen LogP contribution in [0.1, 0.15) is 16.7 Å². The zero-order valence-corrected chi connectivity index (χ0v) is 14.2. The zero-order chi connectivity index (χ0) is 18.4. The molecule has 0 saturated heterocycles. The van der Waals surface area contributed by atoms with E-state index in [1.165, 1.54) is 11.0 Å². The number of nitro benzene ring substituents is 1. The molecule has 2 amide bonds. The van der Waals surface area contributed by atoms with Crippen LogP contribution in [0.15, 0.2) is 42.5 Å². The van der Waals surface area contributed by atoms with E-state index in [0.717, 1.165) is 11.1 Å². The lowest BCUT2D eigenvalue weighted by atomic mass is 10.1. The first-order valence-electron chi connectivity index (χ1n) is 7.89. The summed E-state index contributed by atoms with van der Waals surface area (Å²) < 4.78 is 0. The van der Waals surface area contributed by atoms with Gasteiger partial charge >= 0.3 is 6.03 Å². The Labute approximate surface area is 146 Å². The number of carbonyl (C=O) groups excluding carboxylic acids is 1. The first kappa shape index (κ1) is 18.4. The normalized spacial score (nSPS) is 10.4. The molecule has 7 nitrogen and oxygen atoms in total. The van der Waals surface area contributed by atoms with E-state index >= 15 is 0 Å². The number of aliphatic hydroxyl groups is 1. The topological polar surface area (TPSA) is 95.7 Å². The van der Waals surface area contributed by atoms with Gasteiger partial charge in [-0.15, -0.1) is 0 Å². The molecule has 0 aromatic heterocycles. The number of anilines is 1. The van der Waals surface area contributed by atoms with E-state index in [2.05, 4.69) is 5.32 Å². The Morgan fingerprint density at radius 1 is 1.20 bits per heavy atom. The standard InChI is InChI=1S/C18H21N3O4/c1-13-8-9-16(21(24)25)14(2)17(13)19-18(23)20(10-11-22)12-15-6-4-3-5-7-15/h3-9,22H,10-12H2,1-2H3,(H,19,23). The summed E-state index contributed by atoms with van der Waals surface area (Å²) in [6, 6.07) is 12.0. The smallest absolute Gasteiger partial charge is 0.322 e. The van der Waals surface area contributed by atoms with E-state index in [9.17, 15) is 20.0 Å². The summed E-state index contributed by atoms with van der Waals surface area (Å²) in [5, 5.41) is 23.1. The molecule has 0 saturated carbocycles. The van der Waals surface area contributed by atoms with Crippen molar-refractivity contribution in [3.05, 3.63) is 69.3 Å². The summed E-state index contributed by atoms with van der Waals surface area (Å²) in [5.74, 6) is 0. The van der Waals surface area contributed by atoms with Crippen molar-refractivity contribution < 1.29 is 14.8 Å². The molecule has 0 heterocycles. The molecule has 2 aromatic carbocycles. The van der Waals surface area contributed by atoms with Crippen LogP contribution in [0.25, 0.3) is 0 Å². The van der Waals surface area contributed by atoms with Crippen molar-refractivity contribution in [2.24, 2.45) is 0 Å². The van der Waals surface area contributed by atoms with Crippen molar-refractivity contribution in [1.29, 1.82) is 0 Å². The lowest BCUT2D eigenvalue weighted by molar-refractivity contribution is -0.385. The third kappa shape index (κ3) is 4.54. The number of aliphatic hydroxyl groups excluding tert-OH is 1. The van der Waals surface area contributed by atoms with Crippen molar-refractivity contribution >= 4 is 17.4 Å². The third-order valence-corrected chi connectivity index (χ3v) is 3.95. The fourth-order valence-corrected chi connectivity index (χ4v) is 2.59. The highest BCUT2D eigenvalue weighted by Gasteiger charge is 2.20. The summed E-state index contributed by atoms with van der Waals surface area (Å²) in [5.41, 5.74) is 2.45. The fourth-order valence-electron chi connectivity index (χ4n) is 2.59. The Kier molecular flexibility index (Phi) is 6.08. The fraction of sp³-hybridized carbons (Fsp3) is 0.278. The highest BCUT2D eigenvalue weighted by molar-refractivity contribution is 5.91. The van der Waals surface area contributed by atoms with Crippen LogP contribution in [-0.4, -0.2) is 34.1 Å². The summed E-state index contributed by atoms with van der Waals surface area (Å²) >= 11 is 0. The molecule has 0 aliphatic carbocycles.